The average Bonchev–Trinajstić information content (AvgIpc) is 2.85. The highest BCUT2D eigenvalue weighted by molar-refractivity contribution is 8.03. The SMILES string of the molecule is CCOC(=O)N1C=CSC1C1C=COC1=O. The molecule has 0 aliphatic carbocycles. The summed E-state index contributed by atoms with van der Waals surface area (Å²) in [7, 11) is 0. The molecule has 16 heavy (non-hydrogen) atoms. The molecule has 2 aliphatic rings. The number of esters is 1. The summed E-state index contributed by atoms with van der Waals surface area (Å²) < 4.78 is 9.62. The van der Waals surface area contributed by atoms with Crippen LogP contribution in [0.4, 0.5) is 4.79 Å². The molecule has 0 saturated heterocycles. The fourth-order valence-electron chi connectivity index (χ4n) is 1.51. The molecule has 0 aromatic carbocycles. The van der Waals surface area contributed by atoms with Crippen LogP contribution in [-0.4, -0.2) is 28.9 Å². The lowest BCUT2D eigenvalue weighted by Crippen LogP contribution is -2.38. The van der Waals surface area contributed by atoms with Crippen LogP contribution in [0.25, 0.3) is 0 Å². The van der Waals surface area contributed by atoms with E-state index in [9.17, 15) is 9.59 Å². The van der Waals surface area contributed by atoms with E-state index in [2.05, 4.69) is 0 Å². The van der Waals surface area contributed by atoms with E-state index in [0.29, 0.717) is 6.61 Å². The first kappa shape index (κ1) is 11.1. The van der Waals surface area contributed by atoms with Gasteiger partial charge in [0.2, 0.25) is 0 Å². The number of nitrogens with zero attached hydrogens (tertiary/aromatic N) is 1. The lowest BCUT2D eigenvalue weighted by molar-refractivity contribution is -0.139. The summed E-state index contributed by atoms with van der Waals surface area (Å²) in [6.45, 7) is 2.05. The van der Waals surface area contributed by atoms with Crippen LogP contribution in [0.5, 0.6) is 0 Å². The largest absolute Gasteiger partial charge is 0.449 e. The van der Waals surface area contributed by atoms with Gasteiger partial charge < -0.3 is 9.47 Å². The molecular formula is C10H11NO4S. The van der Waals surface area contributed by atoms with Crippen molar-refractivity contribution in [1.29, 1.82) is 0 Å². The molecular weight excluding hydrogens is 230 g/mol. The van der Waals surface area contributed by atoms with Crippen LogP contribution in [0.15, 0.2) is 23.9 Å². The van der Waals surface area contributed by atoms with E-state index in [1.165, 1.54) is 22.9 Å². The van der Waals surface area contributed by atoms with Crippen LogP contribution in [-0.2, 0) is 14.3 Å². The molecule has 5 nitrogen and oxygen atoms in total. The molecule has 2 heterocycles. The van der Waals surface area contributed by atoms with E-state index in [4.69, 9.17) is 9.47 Å². The predicted molar refractivity (Wildman–Crippen MR) is 58.1 cm³/mol. The summed E-state index contributed by atoms with van der Waals surface area (Å²) in [6, 6.07) is 0. The van der Waals surface area contributed by atoms with E-state index in [-0.39, 0.29) is 11.3 Å². The van der Waals surface area contributed by atoms with Crippen LogP contribution >= 0.6 is 11.8 Å². The molecule has 6 heteroatoms. The number of cyclic esters (lactones) is 1. The molecule has 0 bridgehead atoms. The average molecular weight is 241 g/mol. The number of hydrogen-bond acceptors (Lipinski definition) is 5. The molecule has 0 aromatic rings. The van der Waals surface area contributed by atoms with Crippen molar-refractivity contribution in [3.05, 3.63) is 23.9 Å². The zero-order valence-corrected chi connectivity index (χ0v) is 9.48. The summed E-state index contributed by atoms with van der Waals surface area (Å²) >= 11 is 1.40. The quantitative estimate of drug-likeness (QED) is 0.688. The summed E-state index contributed by atoms with van der Waals surface area (Å²) in [5.41, 5.74) is 0. The Labute approximate surface area is 97.1 Å². The van der Waals surface area contributed by atoms with Gasteiger partial charge in [0.25, 0.3) is 0 Å². The minimum Gasteiger partial charge on any atom is -0.449 e. The molecule has 2 aliphatic heterocycles. The molecule has 1 amide bonds. The molecule has 0 saturated carbocycles. The summed E-state index contributed by atoms with van der Waals surface area (Å²) in [5.74, 6) is -0.764. The second-order valence-electron chi connectivity index (χ2n) is 3.21. The third-order valence-corrected chi connectivity index (χ3v) is 3.32. The Balaban J connectivity index is 2.07. The first-order chi connectivity index (χ1) is 7.74. The highest BCUT2D eigenvalue weighted by atomic mass is 32.2. The zero-order valence-electron chi connectivity index (χ0n) is 8.66. The Morgan fingerprint density at radius 2 is 2.50 bits per heavy atom. The minimum absolute atomic E-state index is 0.301. The monoisotopic (exact) mass is 241 g/mol. The molecule has 2 rings (SSSR count). The molecule has 0 aromatic heterocycles. The van der Waals surface area contributed by atoms with Gasteiger partial charge in [-0.2, -0.15) is 0 Å². The van der Waals surface area contributed by atoms with Gasteiger partial charge in [0.05, 0.1) is 12.9 Å². The second kappa shape index (κ2) is 4.61. The van der Waals surface area contributed by atoms with Crippen molar-refractivity contribution in [2.24, 2.45) is 5.92 Å². The third kappa shape index (κ3) is 1.92. The van der Waals surface area contributed by atoms with Gasteiger partial charge in [0.1, 0.15) is 11.3 Å². The van der Waals surface area contributed by atoms with Gasteiger partial charge in [-0.15, -0.1) is 11.8 Å². The molecule has 0 fully saturated rings. The Kier molecular flexibility index (Phi) is 3.19. The fourth-order valence-corrected chi connectivity index (χ4v) is 2.53. The van der Waals surface area contributed by atoms with Gasteiger partial charge in [0, 0.05) is 6.20 Å². The molecule has 0 spiro atoms. The maximum Gasteiger partial charge on any atom is 0.414 e. The zero-order chi connectivity index (χ0) is 11.5. The molecule has 2 unspecified atom stereocenters. The maximum absolute atomic E-state index is 11.6. The van der Waals surface area contributed by atoms with Gasteiger partial charge in [-0.25, -0.2) is 4.79 Å². The topological polar surface area (TPSA) is 55.8 Å². The first-order valence-corrected chi connectivity index (χ1v) is 5.82. The lowest BCUT2D eigenvalue weighted by atomic mass is 10.1. The van der Waals surface area contributed by atoms with Crippen LogP contribution in [0.1, 0.15) is 6.92 Å². The Hall–Kier alpha value is -1.43. The second-order valence-corrected chi connectivity index (χ2v) is 4.24. The smallest absolute Gasteiger partial charge is 0.414 e. The van der Waals surface area contributed by atoms with E-state index in [1.54, 1.807) is 24.6 Å². The number of ether oxygens (including phenoxy) is 2. The van der Waals surface area contributed by atoms with Crippen molar-refractivity contribution < 1.29 is 19.1 Å². The Bertz CT molecular complexity index is 366. The van der Waals surface area contributed by atoms with E-state index >= 15 is 0 Å². The number of thioether (sulfide) groups is 1. The third-order valence-electron chi connectivity index (χ3n) is 2.24. The Morgan fingerprint density at radius 3 is 3.12 bits per heavy atom. The highest BCUT2D eigenvalue weighted by Crippen LogP contribution is 2.34. The van der Waals surface area contributed by atoms with Crippen LogP contribution in [0.3, 0.4) is 0 Å². The van der Waals surface area contributed by atoms with Gasteiger partial charge in [-0.05, 0) is 18.4 Å². The summed E-state index contributed by atoms with van der Waals surface area (Å²) in [4.78, 5) is 24.4. The van der Waals surface area contributed by atoms with Gasteiger partial charge in [-0.1, -0.05) is 0 Å². The van der Waals surface area contributed by atoms with Gasteiger partial charge in [-0.3, -0.25) is 9.69 Å². The van der Waals surface area contributed by atoms with Crippen molar-refractivity contribution in [3.8, 4) is 0 Å². The van der Waals surface area contributed by atoms with Crippen molar-refractivity contribution in [2.75, 3.05) is 6.61 Å². The van der Waals surface area contributed by atoms with Gasteiger partial charge in [0.15, 0.2) is 0 Å². The van der Waals surface area contributed by atoms with Gasteiger partial charge >= 0.3 is 12.1 Å². The van der Waals surface area contributed by atoms with Crippen LogP contribution < -0.4 is 0 Å². The number of amides is 1. The van der Waals surface area contributed by atoms with E-state index < -0.39 is 12.0 Å². The number of hydrogen-bond donors (Lipinski definition) is 0. The normalized spacial score (nSPS) is 27.3. The molecule has 0 N–H and O–H groups in total. The molecule has 86 valence electrons. The highest BCUT2D eigenvalue weighted by Gasteiger charge is 2.39. The Morgan fingerprint density at radius 1 is 1.69 bits per heavy atom. The summed E-state index contributed by atoms with van der Waals surface area (Å²) in [5, 5.41) is 1.46. The number of carbonyl (C=O) groups excluding carboxylic acids is 2. The fraction of sp³-hybridized carbons (Fsp3) is 0.400. The predicted octanol–water partition coefficient (Wildman–Crippen LogP) is 1.68. The van der Waals surface area contributed by atoms with Crippen molar-refractivity contribution in [2.45, 2.75) is 12.3 Å². The molecule has 0 radical (unpaired) electrons. The van der Waals surface area contributed by atoms with Crippen molar-refractivity contribution in [1.82, 2.24) is 4.90 Å². The standard InChI is InChI=1S/C10H11NO4S/c1-2-14-10(13)11-4-6-16-8(11)7-3-5-15-9(7)12/h3-8H,2H2,1H3. The van der Waals surface area contributed by atoms with Crippen LogP contribution in [0.2, 0.25) is 0 Å². The maximum atomic E-state index is 11.6. The van der Waals surface area contributed by atoms with E-state index in [1.807, 2.05) is 0 Å². The minimum atomic E-state index is -0.443. The summed E-state index contributed by atoms with van der Waals surface area (Å²) in [6.07, 6.45) is 4.18. The van der Waals surface area contributed by atoms with Crippen molar-refractivity contribution >= 4 is 23.8 Å². The number of rotatable bonds is 2. The number of carbonyl (C=O) groups is 2. The van der Waals surface area contributed by atoms with Crippen LogP contribution in [0, 0.1) is 5.92 Å². The molecule has 2 atom stereocenters. The lowest BCUT2D eigenvalue weighted by Gasteiger charge is -2.24. The van der Waals surface area contributed by atoms with Crippen molar-refractivity contribution in [3.63, 3.8) is 0 Å². The first-order valence-electron chi connectivity index (χ1n) is 4.88. The van der Waals surface area contributed by atoms with E-state index in [0.717, 1.165) is 0 Å².